The van der Waals surface area contributed by atoms with Gasteiger partial charge >= 0.3 is 0 Å². The molecule has 0 radical (unpaired) electrons. The summed E-state index contributed by atoms with van der Waals surface area (Å²) in [5.41, 5.74) is 0.437. The average molecular weight is 298 g/mol. The molecule has 1 N–H and O–H groups in total. The van der Waals surface area contributed by atoms with Crippen molar-refractivity contribution in [2.75, 3.05) is 13.1 Å². The second-order valence-electron chi connectivity index (χ2n) is 5.35. The maximum absolute atomic E-state index is 5.44. The van der Waals surface area contributed by atoms with Crippen molar-refractivity contribution in [3.05, 3.63) is 34.1 Å². The van der Waals surface area contributed by atoms with E-state index in [4.69, 9.17) is 4.52 Å². The number of hydrogen-bond donors (Lipinski definition) is 1. The summed E-state index contributed by atoms with van der Waals surface area (Å²) in [6, 6.07) is 4.17. The lowest BCUT2D eigenvalue weighted by atomic mass is 10.0. The van der Waals surface area contributed by atoms with Crippen molar-refractivity contribution in [2.24, 2.45) is 5.41 Å². The molecule has 6 heteroatoms. The lowest BCUT2D eigenvalue weighted by molar-refractivity contribution is 0.360. The van der Waals surface area contributed by atoms with Crippen molar-refractivity contribution in [1.82, 2.24) is 15.5 Å². The highest BCUT2D eigenvalue weighted by Gasteiger charge is 2.58. The predicted octanol–water partition coefficient (Wildman–Crippen LogP) is 2.61. The summed E-state index contributed by atoms with van der Waals surface area (Å²) in [5, 5.41) is 9.62. The molecule has 1 aliphatic heterocycles. The van der Waals surface area contributed by atoms with Crippen molar-refractivity contribution >= 4 is 23.7 Å². The highest BCUT2D eigenvalue weighted by Crippen LogP contribution is 2.62. The molecule has 0 amide bonds. The second-order valence-corrected chi connectivity index (χ2v) is 6.38. The van der Waals surface area contributed by atoms with Crippen LogP contribution in [0.1, 0.15) is 35.4 Å². The zero-order valence-corrected chi connectivity index (χ0v) is 12.1. The van der Waals surface area contributed by atoms with E-state index in [1.807, 2.05) is 0 Å². The van der Waals surface area contributed by atoms with E-state index in [0.29, 0.717) is 11.3 Å². The Kier molecular flexibility index (Phi) is 3.37. The number of rotatable bonds is 3. The Balaban J connectivity index is 0.00000110. The van der Waals surface area contributed by atoms with Gasteiger partial charge in [-0.2, -0.15) is 4.98 Å². The number of hydrogen-bond acceptors (Lipinski definition) is 5. The van der Waals surface area contributed by atoms with Gasteiger partial charge in [0.2, 0.25) is 5.89 Å². The molecule has 102 valence electrons. The van der Waals surface area contributed by atoms with E-state index in [9.17, 15) is 0 Å². The molecular weight excluding hydrogens is 282 g/mol. The van der Waals surface area contributed by atoms with Crippen LogP contribution in [-0.4, -0.2) is 23.2 Å². The number of thiophene rings is 1. The Labute approximate surface area is 122 Å². The van der Waals surface area contributed by atoms with E-state index in [-0.39, 0.29) is 12.4 Å². The van der Waals surface area contributed by atoms with E-state index < -0.39 is 0 Å². The molecule has 2 fully saturated rings. The summed E-state index contributed by atoms with van der Waals surface area (Å²) in [6.45, 7) is 2.24. The van der Waals surface area contributed by atoms with Gasteiger partial charge in [0.05, 0.1) is 0 Å². The molecule has 2 atom stereocenters. The molecule has 2 aliphatic rings. The van der Waals surface area contributed by atoms with Crippen LogP contribution in [0.3, 0.4) is 0 Å². The first kappa shape index (κ1) is 13.1. The smallest absolute Gasteiger partial charge is 0.230 e. The molecule has 1 saturated heterocycles. The van der Waals surface area contributed by atoms with Gasteiger partial charge in [0.25, 0.3) is 0 Å². The fourth-order valence-corrected chi connectivity index (χ4v) is 3.68. The van der Waals surface area contributed by atoms with Gasteiger partial charge in [-0.1, -0.05) is 11.2 Å². The molecule has 0 bridgehead atoms. The first-order valence-corrected chi connectivity index (χ1v) is 7.29. The minimum absolute atomic E-state index is 0. The SMILES string of the molecule is Cl.c1csc(Cc2noc(C3CC34CCNC4)n2)c1. The van der Waals surface area contributed by atoms with Crippen molar-refractivity contribution in [3.8, 4) is 0 Å². The van der Waals surface area contributed by atoms with Gasteiger partial charge < -0.3 is 9.84 Å². The topological polar surface area (TPSA) is 51.0 Å². The van der Waals surface area contributed by atoms with Gasteiger partial charge in [-0.05, 0) is 36.2 Å². The Hall–Kier alpha value is -0.910. The molecule has 4 nitrogen and oxygen atoms in total. The lowest BCUT2D eigenvalue weighted by Crippen LogP contribution is -2.10. The van der Waals surface area contributed by atoms with Gasteiger partial charge in [0, 0.05) is 23.8 Å². The molecule has 2 aromatic heterocycles. The normalized spacial score (nSPS) is 28.5. The standard InChI is InChI=1S/C13H15N3OS.ClH/c1-2-9(18-5-1)6-11-15-12(17-16-11)10-7-13(10)3-4-14-8-13;/h1-2,5,10,14H,3-4,6-8H2;1H. The minimum atomic E-state index is 0. The molecule has 4 rings (SSSR count). The fourth-order valence-electron chi connectivity index (χ4n) is 2.98. The minimum Gasteiger partial charge on any atom is -0.339 e. The van der Waals surface area contributed by atoms with Crippen molar-refractivity contribution in [2.45, 2.75) is 25.2 Å². The Bertz CT molecular complexity index is 548. The zero-order valence-electron chi connectivity index (χ0n) is 10.5. The van der Waals surface area contributed by atoms with E-state index in [0.717, 1.165) is 31.2 Å². The lowest BCUT2D eigenvalue weighted by Gasteiger charge is -2.02. The maximum atomic E-state index is 5.44. The Morgan fingerprint density at radius 1 is 1.53 bits per heavy atom. The molecule has 0 aromatic carbocycles. The summed E-state index contributed by atoms with van der Waals surface area (Å²) in [7, 11) is 0. The van der Waals surface area contributed by atoms with Crippen molar-refractivity contribution < 1.29 is 4.52 Å². The number of nitrogens with zero attached hydrogens (tertiary/aromatic N) is 2. The van der Waals surface area contributed by atoms with E-state index in [1.165, 1.54) is 17.7 Å². The Morgan fingerprint density at radius 3 is 3.21 bits per heavy atom. The monoisotopic (exact) mass is 297 g/mol. The summed E-state index contributed by atoms with van der Waals surface area (Å²) < 4.78 is 5.44. The van der Waals surface area contributed by atoms with Crippen molar-refractivity contribution in [3.63, 3.8) is 0 Å². The highest BCUT2D eigenvalue weighted by molar-refractivity contribution is 7.09. The van der Waals surface area contributed by atoms with Gasteiger partial charge in [-0.15, -0.1) is 23.7 Å². The van der Waals surface area contributed by atoms with Crippen LogP contribution in [0.25, 0.3) is 0 Å². The summed E-state index contributed by atoms with van der Waals surface area (Å²) in [5.74, 6) is 2.17. The van der Waals surface area contributed by atoms with Crippen molar-refractivity contribution in [1.29, 1.82) is 0 Å². The molecule has 19 heavy (non-hydrogen) atoms. The number of halogens is 1. The van der Waals surface area contributed by atoms with Crippen LogP contribution in [0.4, 0.5) is 0 Å². The number of aromatic nitrogens is 2. The quantitative estimate of drug-likeness (QED) is 0.946. The summed E-state index contributed by atoms with van der Waals surface area (Å²) >= 11 is 1.74. The molecule has 1 saturated carbocycles. The second kappa shape index (κ2) is 4.89. The first-order chi connectivity index (χ1) is 8.86. The first-order valence-electron chi connectivity index (χ1n) is 6.41. The largest absolute Gasteiger partial charge is 0.339 e. The highest BCUT2D eigenvalue weighted by atomic mass is 35.5. The van der Waals surface area contributed by atoms with Gasteiger partial charge in [-0.3, -0.25) is 0 Å². The maximum Gasteiger partial charge on any atom is 0.230 e. The Morgan fingerprint density at radius 2 is 2.47 bits per heavy atom. The third-order valence-corrected chi connectivity index (χ3v) is 5.04. The fraction of sp³-hybridized carbons (Fsp3) is 0.538. The van der Waals surface area contributed by atoms with Crippen LogP contribution >= 0.6 is 23.7 Å². The predicted molar refractivity (Wildman–Crippen MR) is 75.9 cm³/mol. The number of nitrogens with one attached hydrogen (secondary N) is 1. The summed E-state index contributed by atoms with van der Waals surface area (Å²) in [6.07, 6.45) is 3.25. The van der Waals surface area contributed by atoms with E-state index >= 15 is 0 Å². The summed E-state index contributed by atoms with van der Waals surface area (Å²) in [4.78, 5) is 5.85. The average Bonchev–Trinajstić information content (AvgIpc) is 2.87. The van der Waals surface area contributed by atoms with Crippen LogP contribution in [-0.2, 0) is 6.42 Å². The van der Waals surface area contributed by atoms with Gasteiger partial charge in [-0.25, -0.2) is 0 Å². The molecule has 1 spiro atoms. The van der Waals surface area contributed by atoms with Gasteiger partial charge in [0.1, 0.15) is 0 Å². The third-order valence-electron chi connectivity index (χ3n) is 4.16. The molecule has 1 aliphatic carbocycles. The van der Waals surface area contributed by atoms with Gasteiger partial charge in [0.15, 0.2) is 5.82 Å². The van der Waals surface area contributed by atoms with E-state index in [2.05, 4.69) is 33.0 Å². The molecular formula is C13H16ClN3OS. The van der Waals surface area contributed by atoms with Crippen LogP contribution in [0.15, 0.2) is 22.0 Å². The molecule has 2 aromatic rings. The van der Waals surface area contributed by atoms with Crippen LogP contribution in [0, 0.1) is 5.41 Å². The zero-order chi connectivity index (χ0) is 12.0. The van der Waals surface area contributed by atoms with Crippen LogP contribution in [0.2, 0.25) is 0 Å². The molecule has 3 heterocycles. The van der Waals surface area contributed by atoms with Crippen LogP contribution in [0.5, 0.6) is 0 Å². The third kappa shape index (κ3) is 2.30. The van der Waals surface area contributed by atoms with E-state index in [1.54, 1.807) is 11.3 Å². The van der Waals surface area contributed by atoms with Crippen LogP contribution < -0.4 is 5.32 Å². The molecule has 2 unspecified atom stereocenters.